The van der Waals surface area contributed by atoms with Gasteiger partial charge in [-0.1, -0.05) is 127 Å². The number of nitrogens with zero attached hydrogens (tertiary/aromatic N) is 1. The predicted molar refractivity (Wildman–Crippen MR) is 212 cm³/mol. The first-order chi connectivity index (χ1) is 24.7. The van der Waals surface area contributed by atoms with E-state index in [2.05, 4.69) is 181 Å². The first kappa shape index (κ1) is 28.4. The van der Waals surface area contributed by atoms with E-state index in [0.717, 1.165) is 44.6 Å². The summed E-state index contributed by atoms with van der Waals surface area (Å²) in [7, 11) is 0. The van der Waals surface area contributed by atoms with E-state index in [9.17, 15) is 0 Å². The van der Waals surface area contributed by atoms with E-state index in [1.165, 1.54) is 49.0 Å². The second-order valence-electron chi connectivity index (χ2n) is 13.0. The molecule has 0 atom stereocenters. The van der Waals surface area contributed by atoms with E-state index in [1.54, 1.807) is 0 Å². The van der Waals surface area contributed by atoms with Crippen LogP contribution in [-0.4, -0.2) is 0 Å². The standard InChI is InChI=1S/C48H31NO/c1-2-11-35-27-37(22-19-32(35)9-1)39-24-21-33-20-23-38(28-40(33)29-39)36-13-7-14-41(30-36)49(46-17-8-12-34-10-3-4-15-43(34)46)42-25-26-45-44-16-5-6-18-47(44)50-48(45)31-42/h1-31H. The molecule has 0 unspecified atom stereocenters. The number of hydrogen-bond donors (Lipinski definition) is 0. The topological polar surface area (TPSA) is 16.4 Å². The van der Waals surface area contributed by atoms with Gasteiger partial charge in [-0.05, 0) is 104 Å². The predicted octanol–water partition coefficient (Wildman–Crippen LogP) is 13.8. The molecule has 234 valence electrons. The van der Waals surface area contributed by atoms with Crippen LogP contribution in [0, 0.1) is 0 Å². The quantitative estimate of drug-likeness (QED) is 0.187. The molecule has 0 bridgehead atoms. The fraction of sp³-hybridized carbons (Fsp3) is 0. The van der Waals surface area contributed by atoms with Crippen LogP contribution in [-0.2, 0) is 0 Å². The molecule has 0 aliphatic rings. The lowest BCUT2D eigenvalue weighted by Gasteiger charge is -2.27. The molecule has 0 amide bonds. The van der Waals surface area contributed by atoms with Crippen LogP contribution < -0.4 is 4.90 Å². The molecule has 0 fully saturated rings. The summed E-state index contributed by atoms with van der Waals surface area (Å²) in [5, 5.41) is 9.61. The minimum Gasteiger partial charge on any atom is -0.456 e. The van der Waals surface area contributed by atoms with Crippen LogP contribution >= 0.6 is 0 Å². The summed E-state index contributed by atoms with van der Waals surface area (Å²) in [6.07, 6.45) is 0. The molecule has 1 heterocycles. The summed E-state index contributed by atoms with van der Waals surface area (Å²) >= 11 is 0. The maximum absolute atomic E-state index is 6.37. The molecule has 1 aromatic heterocycles. The third-order valence-electron chi connectivity index (χ3n) is 9.99. The third-order valence-corrected chi connectivity index (χ3v) is 9.99. The molecule has 9 aromatic carbocycles. The Labute approximate surface area is 290 Å². The molecular weight excluding hydrogens is 607 g/mol. The Bertz CT molecular complexity index is 2890. The first-order valence-electron chi connectivity index (χ1n) is 17.1. The largest absolute Gasteiger partial charge is 0.456 e. The summed E-state index contributed by atoms with van der Waals surface area (Å²) in [6, 6.07) is 67.7. The Morgan fingerprint density at radius 1 is 0.300 bits per heavy atom. The van der Waals surface area contributed by atoms with Crippen LogP contribution in [0.25, 0.3) is 76.5 Å². The summed E-state index contributed by atoms with van der Waals surface area (Å²) in [6.45, 7) is 0. The van der Waals surface area contributed by atoms with Gasteiger partial charge in [0.05, 0.1) is 5.69 Å². The van der Waals surface area contributed by atoms with Crippen LogP contribution in [0.4, 0.5) is 17.1 Å². The Morgan fingerprint density at radius 3 is 1.66 bits per heavy atom. The molecule has 0 N–H and O–H groups in total. The fourth-order valence-electron chi connectivity index (χ4n) is 7.48. The molecule has 10 aromatic rings. The Balaban J connectivity index is 1.10. The van der Waals surface area contributed by atoms with E-state index in [1.807, 2.05) is 12.1 Å². The molecule has 0 radical (unpaired) electrons. The van der Waals surface area contributed by atoms with Crippen LogP contribution in [0.15, 0.2) is 192 Å². The lowest BCUT2D eigenvalue weighted by Crippen LogP contribution is -2.10. The zero-order chi connectivity index (χ0) is 33.0. The monoisotopic (exact) mass is 637 g/mol. The van der Waals surface area contributed by atoms with Crippen molar-refractivity contribution in [2.24, 2.45) is 0 Å². The molecule has 2 nitrogen and oxygen atoms in total. The van der Waals surface area contributed by atoms with Crippen LogP contribution in [0.5, 0.6) is 0 Å². The zero-order valence-electron chi connectivity index (χ0n) is 27.3. The highest BCUT2D eigenvalue weighted by molar-refractivity contribution is 6.07. The Hall–Kier alpha value is -6.64. The Kier molecular flexibility index (Phi) is 6.53. The van der Waals surface area contributed by atoms with E-state index in [4.69, 9.17) is 4.42 Å². The van der Waals surface area contributed by atoms with Crippen molar-refractivity contribution in [1.82, 2.24) is 0 Å². The lowest BCUT2D eigenvalue weighted by molar-refractivity contribution is 0.669. The minimum absolute atomic E-state index is 0.877. The number of benzene rings is 9. The average molecular weight is 638 g/mol. The van der Waals surface area contributed by atoms with Gasteiger partial charge in [0, 0.05) is 33.6 Å². The van der Waals surface area contributed by atoms with E-state index >= 15 is 0 Å². The smallest absolute Gasteiger partial charge is 0.137 e. The third kappa shape index (κ3) is 4.81. The van der Waals surface area contributed by atoms with Gasteiger partial charge >= 0.3 is 0 Å². The SMILES string of the molecule is c1cc(-c2ccc3ccc(-c4ccc5ccccc5c4)cc3c2)cc(N(c2ccc3c(c2)oc2ccccc23)c2cccc3ccccc23)c1. The van der Waals surface area contributed by atoms with Gasteiger partial charge in [-0.25, -0.2) is 0 Å². The van der Waals surface area contributed by atoms with Gasteiger partial charge in [-0.3, -0.25) is 0 Å². The molecule has 0 aliphatic heterocycles. The van der Waals surface area contributed by atoms with Crippen molar-refractivity contribution in [3.8, 4) is 22.3 Å². The van der Waals surface area contributed by atoms with Gasteiger partial charge in [0.25, 0.3) is 0 Å². The molecule has 10 rings (SSSR count). The molecule has 0 saturated carbocycles. The Morgan fingerprint density at radius 2 is 0.860 bits per heavy atom. The molecule has 0 aliphatic carbocycles. The first-order valence-corrected chi connectivity index (χ1v) is 17.1. The summed E-state index contributed by atoms with van der Waals surface area (Å²) in [4.78, 5) is 2.36. The second kappa shape index (κ2) is 11.5. The zero-order valence-corrected chi connectivity index (χ0v) is 27.3. The van der Waals surface area contributed by atoms with Gasteiger partial charge in [0.2, 0.25) is 0 Å². The fourth-order valence-corrected chi connectivity index (χ4v) is 7.48. The van der Waals surface area contributed by atoms with E-state index < -0.39 is 0 Å². The van der Waals surface area contributed by atoms with Crippen molar-refractivity contribution in [3.63, 3.8) is 0 Å². The van der Waals surface area contributed by atoms with Gasteiger partial charge in [-0.2, -0.15) is 0 Å². The van der Waals surface area contributed by atoms with Crippen molar-refractivity contribution in [1.29, 1.82) is 0 Å². The number of para-hydroxylation sites is 1. The normalized spacial score (nSPS) is 11.6. The molecular formula is C48H31NO. The molecule has 50 heavy (non-hydrogen) atoms. The van der Waals surface area contributed by atoms with Gasteiger partial charge < -0.3 is 9.32 Å². The minimum atomic E-state index is 0.877. The van der Waals surface area contributed by atoms with Crippen LogP contribution in [0.3, 0.4) is 0 Å². The summed E-state index contributed by atoms with van der Waals surface area (Å²) in [5.41, 5.74) is 9.82. The molecule has 0 saturated heterocycles. The highest BCUT2D eigenvalue weighted by atomic mass is 16.3. The summed E-state index contributed by atoms with van der Waals surface area (Å²) in [5.74, 6) is 0. The van der Waals surface area contributed by atoms with Crippen molar-refractivity contribution in [2.45, 2.75) is 0 Å². The highest BCUT2D eigenvalue weighted by Crippen LogP contribution is 2.42. The molecule has 2 heteroatoms. The van der Waals surface area contributed by atoms with Crippen molar-refractivity contribution in [2.75, 3.05) is 4.90 Å². The van der Waals surface area contributed by atoms with Crippen molar-refractivity contribution < 1.29 is 4.42 Å². The number of anilines is 3. The summed E-state index contributed by atoms with van der Waals surface area (Å²) < 4.78 is 6.37. The maximum Gasteiger partial charge on any atom is 0.137 e. The second-order valence-corrected chi connectivity index (χ2v) is 13.0. The van der Waals surface area contributed by atoms with Gasteiger partial charge in [-0.15, -0.1) is 0 Å². The number of rotatable bonds is 5. The average Bonchev–Trinajstić information content (AvgIpc) is 3.56. The lowest BCUT2D eigenvalue weighted by atomic mass is 9.96. The van der Waals surface area contributed by atoms with Crippen molar-refractivity contribution >= 4 is 71.3 Å². The van der Waals surface area contributed by atoms with Crippen LogP contribution in [0.1, 0.15) is 0 Å². The number of furan rings is 1. The number of hydrogen-bond acceptors (Lipinski definition) is 2. The maximum atomic E-state index is 6.37. The highest BCUT2D eigenvalue weighted by Gasteiger charge is 2.18. The van der Waals surface area contributed by atoms with Crippen molar-refractivity contribution in [3.05, 3.63) is 188 Å². The van der Waals surface area contributed by atoms with E-state index in [-0.39, 0.29) is 0 Å². The van der Waals surface area contributed by atoms with Crippen LogP contribution in [0.2, 0.25) is 0 Å². The van der Waals surface area contributed by atoms with Gasteiger partial charge in [0.15, 0.2) is 0 Å². The molecule has 0 spiro atoms. The van der Waals surface area contributed by atoms with Gasteiger partial charge in [0.1, 0.15) is 11.2 Å². The number of fused-ring (bicyclic) bond motifs is 6. The van der Waals surface area contributed by atoms with E-state index in [0.29, 0.717) is 0 Å².